The molecular formula is C16H29F3IN5O. The van der Waals surface area contributed by atoms with Crippen molar-refractivity contribution in [2.75, 3.05) is 52.4 Å². The van der Waals surface area contributed by atoms with E-state index in [0.717, 1.165) is 25.9 Å². The second kappa shape index (κ2) is 10.5. The fourth-order valence-electron chi connectivity index (χ4n) is 3.16. The van der Waals surface area contributed by atoms with Gasteiger partial charge in [0.1, 0.15) is 12.6 Å². The highest BCUT2D eigenvalue weighted by molar-refractivity contribution is 14.0. The summed E-state index contributed by atoms with van der Waals surface area (Å²) in [6.45, 7) is 7.02. The van der Waals surface area contributed by atoms with Crippen LogP contribution >= 0.6 is 24.0 Å². The third-order valence-corrected chi connectivity index (χ3v) is 4.79. The van der Waals surface area contributed by atoms with Crippen LogP contribution in [0.4, 0.5) is 13.2 Å². The molecule has 1 atom stereocenters. The first-order valence-corrected chi connectivity index (χ1v) is 8.94. The van der Waals surface area contributed by atoms with Gasteiger partial charge >= 0.3 is 6.18 Å². The number of alkyl halides is 3. The molecule has 2 rings (SSSR count). The second-order valence-electron chi connectivity index (χ2n) is 6.50. The summed E-state index contributed by atoms with van der Waals surface area (Å²) in [6.07, 6.45) is -2.13. The number of carbonyl (C=O) groups is 1. The number of hydrogen-bond acceptors (Lipinski definition) is 3. The summed E-state index contributed by atoms with van der Waals surface area (Å²) >= 11 is 0. The molecule has 2 saturated heterocycles. The topological polar surface area (TPSA) is 51.2 Å². The van der Waals surface area contributed by atoms with Crippen LogP contribution in [-0.4, -0.2) is 91.1 Å². The summed E-state index contributed by atoms with van der Waals surface area (Å²) in [6, 6.07) is -1.44. The Hall–Kier alpha value is -0.780. The van der Waals surface area contributed by atoms with E-state index >= 15 is 0 Å². The van der Waals surface area contributed by atoms with E-state index in [4.69, 9.17) is 0 Å². The van der Waals surface area contributed by atoms with Crippen molar-refractivity contribution in [1.29, 1.82) is 0 Å². The van der Waals surface area contributed by atoms with Crippen molar-refractivity contribution in [2.24, 2.45) is 4.99 Å². The molecule has 10 heteroatoms. The largest absolute Gasteiger partial charge is 0.403 e. The normalized spacial score (nSPS) is 20.7. The van der Waals surface area contributed by atoms with E-state index in [1.54, 1.807) is 0 Å². The Balaban J connectivity index is 0.00000338. The van der Waals surface area contributed by atoms with E-state index in [1.807, 2.05) is 16.7 Å². The van der Waals surface area contributed by atoms with Gasteiger partial charge in [-0.1, -0.05) is 0 Å². The first kappa shape index (κ1) is 23.3. The van der Waals surface area contributed by atoms with Gasteiger partial charge in [-0.05, 0) is 26.7 Å². The number of hydrogen-bond donors (Lipinski definition) is 1. The van der Waals surface area contributed by atoms with Crippen LogP contribution in [0.5, 0.6) is 0 Å². The number of carbonyl (C=O) groups excluding carboxylic acids is 1. The van der Waals surface area contributed by atoms with Gasteiger partial charge in [0.2, 0.25) is 5.91 Å². The number of halogens is 4. The van der Waals surface area contributed by atoms with Crippen LogP contribution in [-0.2, 0) is 4.79 Å². The number of amides is 1. The van der Waals surface area contributed by atoms with Crippen LogP contribution in [0.3, 0.4) is 0 Å². The molecule has 1 N–H and O–H groups in total. The predicted octanol–water partition coefficient (Wildman–Crippen LogP) is 1.76. The maximum atomic E-state index is 12.8. The minimum absolute atomic E-state index is 0. The van der Waals surface area contributed by atoms with Crippen molar-refractivity contribution in [2.45, 2.75) is 38.9 Å². The lowest BCUT2D eigenvalue weighted by Gasteiger charge is -2.39. The summed E-state index contributed by atoms with van der Waals surface area (Å²) in [5.74, 6) is 0.617. The van der Waals surface area contributed by atoms with Gasteiger partial charge in [-0.3, -0.25) is 9.69 Å². The quantitative estimate of drug-likeness (QED) is 0.370. The average Bonchev–Trinajstić information content (AvgIpc) is 3.11. The van der Waals surface area contributed by atoms with E-state index < -0.39 is 12.2 Å². The number of likely N-dealkylation sites (tertiary alicyclic amines) is 1. The van der Waals surface area contributed by atoms with Gasteiger partial charge in [-0.2, -0.15) is 13.2 Å². The molecule has 0 spiro atoms. The van der Waals surface area contributed by atoms with Gasteiger partial charge in [-0.15, -0.1) is 24.0 Å². The highest BCUT2D eigenvalue weighted by atomic mass is 127. The second-order valence-corrected chi connectivity index (χ2v) is 6.50. The van der Waals surface area contributed by atoms with Crippen LogP contribution in [0, 0.1) is 0 Å². The van der Waals surface area contributed by atoms with Gasteiger partial charge in [0.15, 0.2) is 5.96 Å². The Bertz CT molecular complexity index is 475. The minimum Gasteiger partial charge on any atom is -0.357 e. The van der Waals surface area contributed by atoms with Crippen LogP contribution in [0.25, 0.3) is 0 Å². The van der Waals surface area contributed by atoms with Crippen LogP contribution in [0.1, 0.15) is 26.7 Å². The molecule has 0 aromatic heterocycles. The minimum atomic E-state index is -4.21. The van der Waals surface area contributed by atoms with E-state index in [-0.39, 0.29) is 36.4 Å². The molecule has 0 aliphatic carbocycles. The lowest BCUT2D eigenvalue weighted by molar-refractivity contribution is -0.181. The van der Waals surface area contributed by atoms with E-state index in [2.05, 4.69) is 10.3 Å². The molecular weight excluding hydrogens is 462 g/mol. The molecule has 0 bridgehead atoms. The Morgan fingerprint density at radius 3 is 2.15 bits per heavy atom. The molecule has 2 heterocycles. The smallest absolute Gasteiger partial charge is 0.357 e. The van der Waals surface area contributed by atoms with Crippen LogP contribution in [0.15, 0.2) is 4.99 Å². The molecule has 2 fully saturated rings. The van der Waals surface area contributed by atoms with Crippen molar-refractivity contribution in [1.82, 2.24) is 20.0 Å². The Morgan fingerprint density at radius 2 is 1.65 bits per heavy atom. The standard InChI is InChI=1S/C16H28F3N5O.HI/c1-3-20-15(21-12-14(25)23-6-4-5-7-23)24-10-8-22(9-11-24)13(2)16(17,18)19;/h13H,3-12H2,1-2H3,(H,20,21);1H. The summed E-state index contributed by atoms with van der Waals surface area (Å²) in [5.41, 5.74) is 0. The van der Waals surface area contributed by atoms with Gasteiger partial charge in [0, 0.05) is 45.8 Å². The lowest BCUT2D eigenvalue weighted by Crippen LogP contribution is -2.56. The lowest BCUT2D eigenvalue weighted by atomic mass is 10.2. The SMILES string of the molecule is CCNC(=NCC(=O)N1CCCC1)N1CCN(C(C)C(F)(F)F)CC1.I. The molecule has 1 amide bonds. The molecule has 0 aromatic carbocycles. The molecule has 2 aliphatic rings. The van der Waals surface area contributed by atoms with Crippen molar-refractivity contribution >= 4 is 35.8 Å². The average molecular weight is 491 g/mol. The van der Waals surface area contributed by atoms with Gasteiger partial charge < -0.3 is 15.1 Å². The Kier molecular flexibility index (Phi) is 9.42. The zero-order valence-electron chi connectivity index (χ0n) is 15.4. The Morgan fingerprint density at radius 1 is 1.08 bits per heavy atom. The third kappa shape index (κ3) is 6.43. The fourth-order valence-corrected chi connectivity index (χ4v) is 3.16. The number of nitrogens with one attached hydrogen (secondary N) is 1. The number of piperazine rings is 1. The molecule has 2 aliphatic heterocycles. The van der Waals surface area contributed by atoms with Crippen molar-refractivity contribution in [3.63, 3.8) is 0 Å². The maximum Gasteiger partial charge on any atom is 0.403 e. The van der Waals surface area contributed by atoms with E-state index in [9.17, 15) is 18.0 Å². The van der Waals surface area contributed by atoms with Crippen molar-refractivity contribution in [3.05, 3.63) is 0 Å². The molecule has 6 nitrogen and oxygen atoms in total. The van der Waals surface area contributed by atoms with E-state index in [0.29, 0.717) is 38.7 Å². The van der Waals surface area contributed by atoms with Gasteiger partial charge in [0.05, 0.1) is 0 Å². The molecule has 0 aromatic rings. The van der Waals surface area contributed by atoms with Crippen molar-refractivity contribution in [3.8, 4) is 0 Å². The molecule has 0 radical (unpaired) electrons. The van der Waals surface area contributed by atoms with Gasteiger partial charge in [0.25, 0.3) is 0 Å². The predicted molar refractivity (Wildman–Crippen MR) is 106 cm³/mol. The highest BCUT2D eigenvalue weighted by Crippen LogP contribution is 2.25. The van der Waals surface area contributed by atoms with E-state index in [1.165, 1.54) is 11.8 Å². The zero-order chi connectivity index (χ0) is 18.4. The van der Waals surface area contributed by atoms with Gasteiger partial charge in [-0.25, -0.2) is 4.99 Å². The zero-order valence-corrected chi connectivity index (χ0v) is 17.7. The third-order valence-electron chi connectivity index (χ3n) is 4.79. The van der Waals surface area contributed by atoms with Crippen molar-refractivity contribution < 1.29 is 18.0 Å². The first-order valence-electron chi connectivity index (χ1n) is 8.94. The summed E-state index contributed by atoms with van der Waals surface area (Å²) in [7, 11) is 0. The number of aliphatic imine (C=N–C) groups is 1. The summed E-state index contributed by atoms with van der Waals surface area (Å²) in [5, 5.41) is 3.14. The summed E-state index contributed by atoms with van der Waals surface area (Å²) in [4.78, 5) is 21.7. The Labute approximate surface area is 170 Å². The molecule has 26 heavy (non-hydrogen) atoms. The molecule has 0 saturated carbocycles. The number of guanidine groups is 1. The van der Waals surface area contributed by atoms with Crippen LogP contribution < -0.4 is 5.32 Å². The molecule has 152 valence electrons. The first-order chi connectivity index (χ1) is 11.8. The number of nitrogens with zero attached hydrogens (tertiary/aromatic N) is 4. The summed E-state index contributed by atoms with van der Waals surface area (Å²) < 4.78 is 38.5. The molecule has 1 unspecified atom stereocenters. The highest BCUT2D eigenvalue weighted by Gasteiger charge is 2.41. The van der Waals surface area contributed by atoms with Crippen LogP contribution in [0.2, 0.25) is 0 Å². The number of rotatable bonds is 4. The maximum absolute atomic E-state index is 12.8. The monoisotopic (exact) mass is 491 g/mol. The fraction of sp³-hybridized carbons (Fsp3) is 0.875.